The highest BCUT2D eigenvalue weighted by molar-refractivity contribution is 7.99. The molecule has 3 aromatic carbocycles. The summed E-state index contributed by atoms with van der Waals surface area (Å²) in [4.78, 5) is 0. The number of hydrogen-bond donors (Lipinski definition) is 3. The van der Waals surface area contributed by atoms with Gasteiger partial charge in [0.1, 0.15) is 28.8 Å². The van der Waals surface area contributed by atoms with Crippen molar-refractivity contribution in [2.24, 2.45) is 0 Å². The van der Waals surface area contributed by atoms with Crippen LogP contribution in [0.5, 0.6) is 5.75 Å². The van der Waals surface area contributed by atoms with E-state index in [4.69, 9.17) is 4.74 Å². The van der Waals surface area contributed by atoms with E-state index in [-0.39, 0.29) is 23.4 Å². The van der Waals surface area contributed by atoms with Crippen molar-refractivity contribution < 1.29 is 31.1 Å². The molecule has 0 saturated heterocycles. The number of benzene rings is 3. The summed E-state index contributed by atoms with van der Waals surface area (Å²) < 4.78 is 88.1. The second-order valence-corrected chi connectivity index (χ2v) is 9.78. The van der Waals surface area contributed by atoms with Crippen molar-refractivity contribution in [3.05, 3.63) is 82.9 Å². The number of rotatable bonds is 7. The zero-order chi connectivity index (χ0) is 23.9. The van der Waals surface area contributed by atoms with Crippen molar-refractivity contribution >= 4 is 27.5 Å². The summed E-state index contributed by atoms with van der Waals surface area (Å²) in [5.74, 6) is -4.06. The summed E-state index contributed by atoms with van der Waals surface area (Å²) in [7, 11) is -2.45. The van der Waals surface area contributed by atoms with Crippen LogP contribution in [-0.4, -0.2) is 16.9 Å². The molecular weight excluding hydrogens is 460 g/mol. The fourth-order valence-electron chi connectivity index (χ4n) is 3.63. The Morgan fingerprint density at radius 2 is 1.70 bits per heavy atom. The summed E-state index contributed by atoms with van der Waals surface area (Å²) in [6, 6.07) is 10.2. The van der Waals surface area contributed by atoms with Gasteiger partial charge in [-0.1, -0.05) is 12.1 Å². The molecule has 10 heteroatoms. The van der Waals surface area contributed by atoms with E-state index in [1.807, 2.05) is 0 Å². The number of aryl methyl sites for hydroxylation is 1. The predicted octanol–water partition coefficient (Wildman–Crippen LogP) is 6.16. The van der Waals surface area contributed by atoms with E-state index in [1.165, 1.54) is 31.4 Å². The zero-order valence-corrected chi connectivity index (χ0v) is 18.5. The van der Waals surface area contributed by atoms with E-state index in [0.29, 0.717) is 11.3 Å². The van der Waals surface area contributed by atoms with E-state index < -0.39 is 50.5 Å². The summed E-state index contributed by atoms with van der Waals surface area (Å²) in [6.07, 6.45) is 0.213. The molecule has 3 atom stereocenters. The van der Waals surface area contributed by atoms with Crippen LogP contribution >= 0.6 is 0 Å². The summed E-state index contributed by atoms with van der Waals surface area (Å²) in [6.45, 7) is 1.67. The van der Waals surface area contributed by atoms with E-state index in [9.17, 15) is 26.3 Å². The lowest BCUT2D eigenvalue weighted by atomic mass is 10.1. The molecule has 0 radical (unpaired) electrons. The van der Waals surface area contributed by atoms with Gasteiger partial charge in [0, 0.05) is 18.4 Å². The Kier molecular flexibility index (Phi) is 6.06. The normalized spacial score (nSPS) is 19.0. The molecule has 1 aliphatic rings. The van der Waals surface area contributed by atoms with Crippen molar-refractivity contribution in [3.8, 4) is 5.75 Å². The van der Waals surface area contributed by atoms with Gasteiger partial charge in [0.05, 0.1) is 12.8 Å². The first kappa shape index (κ1) is 23.1. The molecular formula is C23H21F4N2O3S+. The summed E-state index contributed by atoms with van der Waals surface area (Å²) >= 11 is 0. The fraction of sp³-hybridized carbons (Fsp3) is 0.217. The molecule has 1 fully saturated rings. The molecule has 0 bridgehead atoms. The molecule has 4 rings (SSSR count). The first-order valence-electron chi connectivity index (χ1n) is 9.98. The van der Waals surface area contributed by atoms with Gasteiger partial charge in [-0.15, -0.1) is 0 Å². The maximum absolute atomic E-state index is 14.6. The third kappa shape index (κ3) is 4.67. The van der Waals surface area contributed by atoms with Gasteiger partial charge < -0.3 is 10.1 Å². The van der Waals surface area contributed by atoms with Crippen LogP contribution in [0.2, 0.25) is 0 Å². The van der Waals surface area contributed by atoms with E-state index in [2.05, 4.69) is 10.0 Å². The molecule has 33 heavy (non-hydrogen) atoms. The largest absolute Gasteiger partial charge is 0.497 e. The van der Waals surface area contributed by atoms with Gasteiger partial charge in [0.2, 0.25) is 0 Å². The van der Waals surface area contributed by atoms with Gasteiger partial charge in [-0.2, -0.15) is 9.27 Å². The van der Waals surface area contributed by atoms with Crippen LogP contribution in [0.4, 0.5) is 34.6 Å². The molecule has 0 aliphatic heterocycles. The standard InChI is InChI=1S/C23H20F4N2O3S/c1-12-3-7-19(18(26)9-12)28-23-20(8-6-16(24)22(23)27)29-33(30,31)21-11-15(21)14-5-4-13(32-2)10-17(14)25/h3-10,15,21,28H,11H2,1-2H3,(H-,29,30,31)/p+1. The summed E-state index contributed by atoms with van der Waals surface area (Å²) in [5.41, 5.74) is -0.00783. The van der Waals surface area contributed by atoms with E-state index in [0.717, 1.165) is 12.1 Å². The van der Waals surface area contributed by atoms with Gasteiger partial charge in [0.15, 0.2) is 16.9 Å². The number of methoxy groups -OCH3 is 1. The first-order chi connectivity index (χ1) is 15.6. The van der Waals surface area contributed by atoms with Crippen LogP contribution in [0.1, 0.15) is 23.5 Å². The van der Waals surface area contributed by atoms with Gasteiger partial charge in [0.25, 0.3) is 0 Å². The fourth-order valence-corrected chi connectivity index (χ4v) is 5.33. The van der Waals surface area contributed by atoms with Crippen LogP contribution in [0.3, 0.4) is 0 Å². The number of hydrogen-bond acceptors (Lipinski definition) is 3. The van der Waals surface area contributed by atoms with Crippen LogP contribution in [-0.2, 0) is 14.6 Å². The average Bonchev–Trinajstić information content (AvgIpc) is 3.56. The highest BCUT2D eigenvalue weighted by Crippen LogP contribution is 2.49. The molecule has 0 amide bonds. The van der Waals surface area contributed by atoms with Gasteiger partial charge in [-0.25, -0.2) is 17.6 Å². The van der Waals surface area contributed by atoms with E-state index in [1.54, 1.807) is 19.1 Å². The van der Waals surface area contributed by atoms with Crippen molar-refractivity contribution in [2.75, 3.05) is 17.1 Å². The molecule has 5 nitrogen and oxygen atoms in total. The van der Waals surface area contributed by atoms with Gasteiger partial charge in [-0.3, -0.25) is 0 Å². The molecule has 3 aromatic rings. The SMILES string of the molecule is COc1ccc(C2CC2[S+](=O)(O)Nc2ccc(F)c(F)c2Nc2ccc(C)cc2F)c(F)c1. The third-order valence-electron chi connectivity index (χ3n) is 5.48. The number of anilines is 3. The molecule has 3 N–H and O–H groups in total. The second kappa shape index (κ2) is 8.68. The number of nitrogens with one attached hydrogen (secondary N) is 2. The minimum Gasteiger partial charge on any atom is -0.497 e. The average molecular weight is 481 g/mol. The zero-order valence-electron chi connectivity index (χ0n) is 17.7. The van der Waals surface area contributed by atoms with Crippen LogP contribution < -0.4 is 14.8 Å². The Labute approximate surface area is 189 Å². The highest BCUT2D eigenvalue weighted by atomic mass is 32.3. The number of halogens is 4. The Bertz CT molecular complexity index is 1270. The van der Waals surface area contributed by atoms with E-state index >= 15 is 0 Å². The lowest BCUT2D eigenvalue weighted by Crippen LogP contribution is -2.27. The van der Waals surface area contributed by atoms with Crippen LogP contribution in [0, 0.1) is 30.2 Å². The smallest absolute Gasteiger partial charge is 0.314 e. The van der Waals surface area contributed by atoms with Gasteiger partial charge in [-0.05, 0) is 52.6 Å². The molecule has 1 saturated carbocycles. The maximum atomic E-state index is 14.6. The molecule has 0 spiro atoms. The molecule has 174 valence electrons. The quantitative estimate of drug-likeness (QED) is 0.279. The lowest BCUT2D eigenvalue weighted by molar-refractivity contribution is 0.410. The Balaban J connectivity index is 1.60. The van der Waals surface area contributed by atoms with Crippen molar-refractivity contribution in [2.45, 2.75) is 24.5 Å². The predicted molar refractivity (Wildman–Crippen MR) is 119 cm³/mol. The Hall–Kier alpha value is -3.11. The molecule has 1 aliphatic carbocycles. The minimum atomic E-state index is -3.85. The number of ether oxygens (including phenoxy) is 1. The van der Waals surface area contributed by atoms with Crippen LogP contribution in [0.25, 0.3) is 0 Å². The Morgan fingerprint density at radius 1 is 0.970 bits per heavy atom. The first-order valence-corrected chi connectivity index (χ1v) is 11.6. The lowest BCUT2D eigenvalue weighted by Gasteiger charge is -2.15. The molecule has 0 aromatic heterocycles. The Morgan fingerprint density at radius 3 is 2.36 bits per heavy atom. The van der Waals surface area contributed by atoms with Crippen LogP contribution in [0.15, 0.2) is 48.5 Å². The van der Waals surface area contributed by atoms with Gasteiger partial charge >= 0.3 is 10.4 Å². The van der Waals surface area contributed by atoms with Crippen molar-refractivity contribution in [1.82, 2.24) is 0 Å². The molecule has 3 unspecified atom stereocenters. The third-order valence-corrected chi connectivity index (χ3v) is 7.34. The maximum Gasteiger partial charge on any atom is 0.314 e. The highest BCUT2D eigenvalue weighted by Gasteiger charge is 2.58. The summed E-state index contributed by atoms with van der Waals surface area (Å²) in [5, 5.41) is 1.60. The van der Waals surface area contributed by atoms with Crippen molar-refractivity contribution in [1.29, 1.82) is 0 Å². The van der Waals surface area contributed by atoms with Crippen molar-refractivity contribution in [3.63, 3.8) is 0 Å². The second-order valence-electron chi connectivity index (χ2n) is 7.83. The topological polar surface area (TPSA) is 70.6 Å². The minimum absolute atomic E-state index is 0.137. The molecule has 0 heterocycles. The monoisotopic (exact) mass is 481 g/mol.